The summed E-state index contributed by atoms with van der Waals surface area (Å²) in [7, 11) is 0. The Labute approximate surface area is 62.9 Å². The van der Waals surface area contributed by atoms with E-state index in [2.05, 4.69) is 20.5 Å². The summed E-state index contributed by atoms with van der Waals surface area (Å²) in [6.45, 7) is 1.73. The van der Waals surface area contributed by atoms with E-state index in [0.717, 1.165) is 0 Å². The van der Waals surface area contributed by atoms with Crippen LogP contribution in [0.3, 0.4) is 0 Å². The van der Waals surface area contributed by atoms with Crippen molar-refractivity contribution >= 4 is 11.7 Å². The number of fused-ring (bicyclic) bond motifs is 1. The number of rotatable bonds is 0. The van der Waals surface area contributed by atoms with Gasteiger partial charge in [-0.2, -0.15) is 0 Å². The molecule has 2 heterocycles. The van der Waals surface area contributed by atoms with Crippen molar-refractivity contribution < 1.29 is 4.79 Å². The van der Waals surface area contributed by atoms with Crippen molar-refractivity contribution in [2.75, 3.05) is 5.32 Å². The summed E-state index contributed by atoms with van der Waals surface area (Å²) in [5.41, 5.74) is 0.639. The van der Waals surface area contributed by atoms with Gasteiger partial charge in [0, 0.05) is 0 Å². The third kappa shape index (κ3) is 0.938. The van der Waals surface area contributed by atoms with Crippen LogP contribution in [-0.2, 0) is 11.2 Å². The molecular formula is C6H6N4O. The highest BCUT2D eigenvalue weighted by Crippen LogP contribution is 2.15. The van der Waals surface area contributed by atoms with Crippen LogP contribution in [0.1, 0.15) is 11.5 Å². The van der Waals surface area contributed by atoms with Crippen LogP contribution in [0.5, 0.6) is 0 Å². The van der Waals surface area contributed by atoms with Gasteiger partial charge in [0.2, 0.25) is 5.91 Å². The van der Waals surface area contributed by atoms with Crippen LogP contribution in [0.25, 0.3) is 0 Å². The molecule has 1 aliphatic rings. The molecule has 0 bridgehead atoms. The first-order valence-electron chi connectivity index (χ1n) is 3.26. The SMILES string of the molecule is Cc1nnc2c(n1)NC(=O)C2. The van der Waals surface area contributed by atoms with Gasteiger partial charge in [-0.1, -0.05) is 0 Å². The topological polar surface area (TPSA) is 67.8 Å². The molecule has 5 heteroatoms. The molecule has 0 unspecified atom stereocenters. The zero-order chi connectivity index (χ0) is 7.84. The molecule has 0 aliphatic carbocycles. The molecule has 0 spiro atoms. The maximum Gasteiger partial charge on any atom is 0.231 e. The maximum absolute atomic E-state index is 10.8. The van der Waals surface area contributed by atoms with E-state index >= 15 is 0 Å². The number of hydrogen-bond acceptors (Lipinski definition) is 4. The minimum absolute atomic E-state index is 0.0626. The number of carbonyl (C=O) groups is 1. The van der Waals surface area contributed by atoms with E-state index in [9.17, 15) is 4.79 Å². The van der Waals surface area contributed by atoms with Crippen LogP contribution < -0.4 is 5.32 Å². The summed E-state index contributed by atoms with van der Waals surface area (Å²) >= 11 is 0. The van der Waals surface area contributed by atoms with Gasteiger partial charge >= 0.3 is 0 Å². The van der Waals surface area contributed by atoms with Crippen LogP contribution in [0.4, 0.5) is 5.82 Å². The van der Waals surface area contributed by atoms with Gasteiger partial charge in [0.25, 0.3) is 0 Å². The van der Waals surface area contributed by atoms with E-state index < -0.39 is 0 Å². The van der Waals surface area contributed by atoms with Crippen LogP contribution >= 0.6 is 0 Å². The van der Waals surface area contributed by atoms with Crippen LogP contribution in [0.2, 0.25) is 0 Å². The van der Waals surface area contributed by atoms with Crippen molar-refractivity contribution in [3.05, 3.63) is 11.5 Å². The number of nitrogens with zero attached hydrogens (tertiary/aromatic N) is 3. The Morgan fingerprint density at radius 1 is 1.45 bits per heavy atom. The summed E-state index contributed by atoms with van der Waals surface area (Å²) in [6.07, 6.45) is 0.301. The number of carbonyl (C=O) groups excluding carboxylic acids is 1. The molecule has 0 saturated heterocycles. The van der Waals surface area contributed by atoms with Gasteiger partial charge in [0.15, 0.2) is 5.82 Å². The second-order valence-electron chi connectivity index (χ2n) is 2.38. The summed E-state index contributed by atoms with van der Waals surface area (Å²) in [6, 6.07) is 0. The number of anilines is 1. The Morgan fingerprint density at radius 2 is 2.27 bits per heavy atom. The fourth-order valence-electron chi connectivity index (χ4n) is 0.976. The van der Waals surface area contributed by atoms with Crippen LogP contribution in [0.15, 0.2) is 0 Å². The zero-order valence-electron chi connectivity index (χ0n) is 5.96. The molecule has 2 rings (SSSR count). The molecule has 5 nitrogen and oxygen atoms in total. The van der Waals surface area contributed by atoms with E-state index in [1.807, 2.05) is 0 Å². The second-order valence-corrected chi connectivity index (χ2v) is 2.38. The van der Waals surface area contributed by atoms with E-state index in [1.54, 1.807) is 6.92 Å². The fourth-order valence-corrected chi connectivity index (χ4v) is 0.976. The van der Waals surface area contributed by atoms with Crippen molar-refractivity contribution in [2.24, 2.45) is 0 Å². The highest BCUT2D eigenvalue weighted by Gasteiger charge is 2.20. The highest BCUT2D eigenvalue weighted by molar-refractivity contribution is 5.96. The Morgan fingerprint density at radius 3 is 3.09 bits per heavy atom. The smallest absolute Gasteiger partial charge is 0.231 e. The molecule has 0 aromatic carbocycles. The molecule has 0 saturated carbocycles. The summed E-state index contributed by atoms with van der Waals surface area (Å²) in [5, 5.41) is 10.1. The molecular weight excluding hydrogens is 144 g/mol. The summed E-state index contributed by atoms with van der Waals surface area (Å²) in [4.78, 5) is 14.8. The average molecular weight is 150 g/mol. The van der Waals surface area contributed by atoms with Gasteiger partial charge in [-0.3, -0.25) is 4.79 Å². The maximum atomic E-state index is 10.8. The number of nitrogens with one attached hydrogen (secondary N) is 1. The van der Waals surface area contributed by atoms with E-state index in [0.29, 0.717) is 23.8 Å². The van der Waals surface area contributed by atoms with Gasteiger partial charge < -0.3 is 5.32 Å². The standard InChI is InChI=1S/C6H6N4O/c1-3-7-6-4(10-9-3)2-5(11)8-6/h2H2,1H3,(H,7,8,9,11). The first-order chi connectivity index (χ1) is 5.25. The quantitative estimate of drug-likeness (QED) is 0.550. The lowest BCUT2D eigenvalue weighted by Gasteiger charge is -1.94. The van der Waals surface area contributed by atoms with Crippen molar-refractivity contribution in [3.63, 3.8) is 0 Å². The van der Waals surface area contributed by atoms with Crippen molar-refractivity contribution in [1.29, 1.82) is 0 Å². The molecule has 0 radical (unpaired) electrons. The van der Waals surface area contributed by atoms with Gasteiger partial charge in [-0.25, -0.2) is 4.98 Å². The lowest BCUT2D eigenvalue weighted by atomic mass is 10.4. The minimum atomic E-state index is -0.0626. The summed E-state index contributed by atoms with van der Waals surface area (Å²) < 4.78 is 0. The Kier molecular flexibility index (Phi) is 1.12. The first-order valence-corrected chi connectivity index (χ1v) is 3.26. The number of amides is 1. The first kappa shape index (κ1) is 6.21. The molecule has 1 aromatic heterocycles. The second kappa shape index (κ2) is 1.98. The van der Waals surface area contributed by atoms with Gasteiger partial charge in [0.1, 0.15) is 11.5 Å². The molecule has 0 fully saturated rings. The van der Waals surface area contributed by atoms with Gasteiger partial charge in [-0.15, -0.1) is 10.2 Å². The normalized spacial score (nSPS) is 14.5. The lowest BCUT2D eigenvalue weighted by Crippen LogP contribution is -2.04. The third-order valence-electron chi connectivity index (χ3n) is 1.45. The van der Waals surface area contributed by atoms with Crippen molar-refractivity contribution in [2.45, 2.75) is 13.3 Å². The molecule has 11 heavy (non-hydrogen) atoms. The van der Waals surface area contributed by atoms with E-state index in [1.165, 1.54) is 0 Å². The number of aromatic nitrogens is 3. The van der Waals surface area contributed by atoms with Crippen LogP contribution in [0, 0.1) is 6.92 Å². The highest BCUT2D eigenvalue weighted by atomic mass is 16.1. The largest absolute Gasteiger partial charge is 0.309 e. The Balaban J connectivity index is 2.51. The van der Waals surface area contributed by atoms with Crippen molar-refractivity contribution in [3.8, 4) is 0 Å². The monoisotopic (exact) mass is 150 g/mol. The fraction of sp³-hybridized carbons (Fsp3) is 0.333. The number of hydrogen-bond donors (Lipinski definition) is 1. The lowest BCUT2D eigenvalue weighted by molar-refractivity contribution is -0.115. The zero-order valence-corrected chi connectivity index (χ0v) is 5.96. The molecule has 56 valence electrons. The third-order valence-corrected chi connectivity index (χ3v) is 1.45. The summed E-state index contributed by atoms with van der Waals surface area (Å²) in [5.74, 6) is 1.07. The van der Waals surface area contributed by atoms with Crippen LogP contribution in [-0.4, -0.2) is 21.1 Å². The van der Waals surface area contributed by atoms with Crippen molar-refractivity contribution in [1.82, 2.24) is 15.2 Å². The minimum Gasteiger partial charge on any atom is -0.309 e. The average Bonchev–Trinajstić information content (AvgIpc) is 2.27. The Hall–Kier alpha value is -1.52. The molecule has 1 amide bonds. The predicted molar refractivity (Wildman–Crippen MR) is 36.9 cm³/mol. The predicted octanol–water partition coefficient (Wildman–Crippen LogP) is -0.325. The molecule has 0 atom stereocenters. The van der Waals surface area contributed by atoms with Gasteiger partial charge in [-0.05, 0) is 6.92 Å². The van der Waals surface area contributed by atoms with E-state index in [4.69, 9.17) is 0 Å². The van der Waals surface area contributed by atoms with Gasteiger partial charge in [0.05, 0.1) is 6.42 Å². The van der Waals surface area contributed by atoms with E-state index in [-0.39, 0.29) is 5.91 Å². The Bertz CT molecular complexity index is 322. The molecule has 1 aliphatic heterocycles. The number of aryl methyl sites for hydroxylation is 1. The molecule has 1 aromatic rings. The molecule has 1 N–H and O–H groups in total.